The summed E-state index contributed by atoms with van der Waals surface area (Å²) < 4.78 is 6.69. The highest BCUT2D eigenvalue weighted by Gasteiger charge is 2.17. The fourth-order valence-electron chi connectivity index (χ4n) is 1.59. The van der Waals surface area contributed by atoms with Gasteiger partial charge in [0.25, 0.3) is 5.91 Å². The predicted octanol–water partition coefficient (Wildman–Crippen LogP) is 1.89. The molecule has 0 aliphatic rings. The summed E-state index contributed by atoms with van der Waals surface area (Å²) in [4.78, 5) is 11.6. The maximum atomic E-state index is 11.6. The second-order valence-electron chi connectivity index (χ2n) is 3.51. The number of aromatic nitrogens is 2. The van der Waals surface area contributed by atoms with E-state index in [-0.39, 0.29) is 11.1 Å². The van der Waals surface area contributed by atoms with Crippen LogP contribution in [0.3, 0.4) is 0 Å². The lowest BCUT2D eigenvalue weighted by molar-refractivity contribution is 0.0963. The van der Waals surface area contributed by atoms with Crippen LogP contribution in [-0.2, 0) is 0 Å². The number of nitrogens with zero attached hydrogens (tertiary/aromatic N) is 2. The molecule has 0 saturated carbocycles. The second-order valence-corrected chi connectivity index (χ2v) is 3.87. The number of ether oxygens (including phenoxy) is 1. The number of amides is 1. The number of methoxy groups -OCH3 is 1. The van der Waals surface area contributed by atoms with E-state index in [1.54, 1.807) is 20.2 Å². The zero-order chi connectivity index (χ0) is 13.1. The number of nitrogens with one attached hydrogen (secondary N) is 1. The van der Waals surface area contributed by atoms with Gasteiger partial charge >= 0.3 is 0 Å². The number of hydrogen-bond donors (Lipinski definition) is 1. The number of carbonyl (C=O) groups excluding carboxylic acids is 1. The van der Waals surface area contributed by atoms with E-state index in [1.165, 1.54) is 10.9 Å². The average Bonchev–Trinajstić information content (AvgIpc) is 2.79. The van der Waals surface area contributed by atoms with E-state index in [2.05, 4.69) is 10.4 Å². The van der Waals surface area contributed by atoms with Crippen LogP contribution in [0.2, 0.25) is 5.15 Å². The lowest BCUT2D eigenvalue weighted by Gasteiger charge is -2.08. The standard InChI is InChI=1S/C12H12ClN3O2/c1-14-12(17)8-7-15-16(11(8)13)9-5-3-4-6-10(9)18-2/h3-7H,1-2H3,(H,14,17). The van der Waals surface area contributed by atoms with Gasteiger partial charge in [-0.05, 0) is 12.1 Å². The molecule has 0 fully saturated rings. The summed E-state index contributed by atoms with van der Waals surface area (Å²) in [6.45, 7) is 0. The molecule has 0 atom stereocenters. The highest BCUT2D eigenvalue weighted by molar-refractivity contribution is 6.33. The van der Waals surface area contributed by atoms with Crippen molar-refractivity contribution in [3.63, 3.8) is 0 Å². The van der Waals surface area contributed by atoms with Crippen molar-refractivity contribution < 1.29 is 9.53 Å². The van der Waals surface area contributed by atoms with Crippen LogP contribution in [-0.4, -0.2) is 29.8 Å². The van der Waals surface area contributed by atoms with Crippen LogP contribution < -0.4 is 10.1 Å². The van der Waals surface area contributed by atoms with E-state index in [1.807, 2.05) is 18.2 Å². The van der Waals surface area contributed by atoms with E-state index in [0.29, 0.717) is 17.0 Å². The smallest absolute Gasteiger partial charge is 0.255 e. The summed E-state index contributed by atoms with van der Waals surface area (Å²) in [6.07, 6.45) is 1.42. The van der Waals surface area contributed by atoms with Gasteiger partial charge in [0.05, 0.1) is 18.9 Å². The summed E-state index contributed by atoms with van der Waals surface area (Å²) >= 11 is 6.15. The topological polar surface area (TPSA) is 56.2 Å². The van der Waals surface area contributed by atoms with Crippen LogP contribution in [0.25, 0.3) is 5.69 Å². The molecule has 1 N–H and O–H groups in total. The molecule has 2 aromatic rings. The first-order valence-corrected chi connectivity index (χ1v) is 5.65. The molecule has 0 radical (unpaired) electrons. The minimum absolute atomic E-state index is 0.249. The van der Waals surface area contributed by atoms with Crippen molar-refractivity contribution in [2.45, 2.75) is 0 Å². The maximum absolute atomic E-state index is 11.6. The number of carbonyl (C=O) groups is 1. The molecule has 18 heavy (non-hydrogen) atoms. The Balaban J connectivity index is 2.52. The van der Waals surface area contributed by atoms with Gasteiger partial charge in [0, 0.05) is 7.05 Å². The Morgan fingerprint density at radius 2 is 2.17 bits per heavy atom. The van der Waals surface area contributed by atoms with Gasteiger partial charge in [0.1, 0.15) is 16.6 Å². The van der Waals surface area contributed by atoms with Gasteiger partial charge in [-0.25, -0.2) is 4.68 Å². The molecule has 1 amide bonds. The van der Waals surface area contributed by atoms with Crippen molar-refractivity contribution in [3.05, 3.63) is 41.2 Å². The van der Waals surface area contributed by atoms with Gasteiger partial charge in [-0.3, -0.25) is 4.79 Å². The van der Waals surface area contributed by atoms with Gasteiger partial charge in [0.15, 0.2) is 0 Å². The Bertz CT molecular complexity index is 580. The van der Waals surface area contributed by atoms with Crippen LogP contribution in [0.1, 0.15) is 10.4 Å². The van der Waals surface area contributed by atoms with Crippen molar-refractivity contribution in [3.8, 4) is 11.4 Å². The molecule has 0 bridgehead atoms. The number of rotatable bonds is 3. The molecular formula is C12H12ClN3O2. The van der Waals surface area contributed by atoms with Crippen molar-refractivity contribution >= 4 is 17.5 Å². The van der Waals surface area contributed by atoms with E-state index in [0.717, 1.165) is 0 Å². The predicted molar refractivity (Wildman–Crippen MR) is 68.5 cm³/mol. The van der Waals surface area contributed by atoms with Gasteiger partial charge < -0.3 is 10.1 Å². The summed E-state index contributed by atoms with van der Waals surface area (Å²) in [5.41, 5.74) is 1.00. The zero-order valence-corrected chi connectivity index (χ0v) is 10.7. The number of benzene rings is 1. The molecule has 0 spiro atoms. The molecule has 94 valence electrons. The molecule has 1 aromatic heterocycles. The van der Waals surface area contributed by atoms with E-state index in [4.69, 9.17) is 16.3 Å². The highest BCUT2D eigenvalue weighted by atomic mass is 35.5. The number of hydrogen-bond acceptors (Lipinski definition) is 3. The molecule has 0 aliphatic heterocycles. The van der Waals surface area contributed by atoms with Crippen LogP contribution in [0.5, 0.6) is 5.75 Å². The SMILES string of the molecule is CNC(=O)c1cnn(-c2ccccc2OC)c1Cl. The third-order valence-corrected chi connectivity index (χ3v) is 2.86. The van der Waals surface area contributed by atoms with Crippen LogP contribution in [0, 0.1) is 0 Å². The van der Waals surface area contributed by atoms with Gasteiger partial charge in [-0.1, -0.05) is 23.7 Å². The highest BCUT2D eigenvalue weighted by Crippen LogP contribution is 2.26. The Morgan fingerprint density at radius 1 is 1.44 bits per heavy atom. The maximum Gasteiger partial charge on any atom is 0.255 e. The van der Waals surface area contributed by atoms with Crippen molar-refractivity contribution in [2.24, 2.45) is 0 Å². The molecule has 1 heterocycles. The quantitative estimate of drug-likeness (QED) is 0.922. The van der Waals surface area contributed by atoms with E-state index in [9.17, 15) is 4.79 Å². The van der Waals surface area contributed by atoms with Crippen LogP contribution in [0.4, 0.5) is 0 Å². The first-order chi connectivity index (χ1) is 8.69. The molecule has 5 nitrogen and oxygen atoms in total. The van der Waals surface area contributed by atoms with Gasteiger partial charge in [-0.2, -0.15) is 5.10 Å². The Labute approximate surface area is 109 Å². The molecule has 0 aliphatic carbocycles. The second kappa shape index (κ2) is 5.10. The Hall–Kier alpha value is -2.01. The molecule has 0 saturated heterocycles. The summed E-state index contributed by atoms with van der Waals surface area (Å²) in [5, 5.41) is 6.86. The lowest BCUT2D eigenvalue weighted by atomic mass is 10.3. The first kappa shape index (κ1) is 12.4. The van der Waals surface area contributed by atoms with Crippen LogP contribution in [0.15, 0.2) is 30.5 Å². The fraction of sp³-hybridized carbons (Fsp3) is 0.167. The minimum atomic E-state index is -0.277. The monoisotopic (exact) mass is 265 g/mol. The van der Waals surface area contributed by atoms with Crippen molar-refractivity contribution in [2.75, 3.05) is 14.2 Å². The molecule has 2 rings (SSSR count). The van der Waals surface area contributed by atoms with Crippen LogP contribution >= 0.6 is 11.6 Å². The Kier molecular flexibility index (Phi) is 3.53. The van der Waals surface area contributed by atoms with Crippen molar-refractivity contribution in [1.82, 2.24) is 15.1 Å². The summed E-state index contributed by atoms with van der Waals surface area (Å²) in [5.74, 6) is 0.354. The molecule has 0 unspecified atom stereocenters. The van der Waals surface area contributed by atoms with E-state index >= 15 is 0 Å². The molecule has 1 aromatic carbocycles. The third-order valence-electron chi connectivity index (χ3n) is 2.50. The normalized spacial score (nSPS) is 10.2. The fourth-order valence-corrected chi connectivity index (χ4v) is 1.86. The van der Waals surface area contributed by atoms with Gasteiger partial charge in [-0.15, -0.1) is 0 Å². The largest absolute Gasteiger partial charge is 0.494 e. The Morgan fingerprint density at radius 3 is 2.83 bits per heavy atom. The lowest BCUT2D eigenvalue weighted by Crippen LogP contribution is -2.17. The minimum Gasteiger partial charge on any atom is -0.494 e. The number of halogens is 1. The number of para-hydroxylation sites is 2. The van der Waals surface area contributed by atoms with Crippen molar-refractivity contribution in [1.29, 1.82) is 0 Å². The van der Waals surface area contributed by atoms with E-state index < -0.39 is 0 Å². The summed E-state index contributed by atoms with van der Waals surface area (Å²) in [7, 11) is 3.11. The third kappa shape index (κ3) is 2.04. The zero-order valence-electron chi connectivity index (χ0n) is 9.98. The molecule has 6 heteroatoms. The molecular weight excluding hydrogens is 254 g/mol. The average molecular weight is 266 g/mol. The first-order valence-electron chi connectivity index (χ1n) is 5.28. The summed E-state index contributed by atoms with van der Waals surface area (Å²) in [6, 6.07) is 7.30. The van der Waals surface area contributed by atoms with Gasteiger partial charge in [0.2, 0.25) is 0 Å².